The van der Waals surface area contributed by atoms with Gasteiger partial charge in [0.2, 0.25) is 5.91 Å². The van der Waals surface area contributed by atoms with Crippen molar-refractivity contribution in [1.82, 2.24) is 5.32 Å². The van der Waals surface area contributed by atoms with Crippen LogP contribution in [-0.2, 0) is 38.1 Å². The van der Waals surface area contributed by atoms with Gasteiger partial charge in [-0.05, 0) is 58.4 Å². The van der Waals surface area contributed by atoms with Gasteiger partial charge in [0.25, 0.3) is 0 Å². The van der Waals surface area contributed by atoms with Crippen LogP contribution in [0.4, 0.5) is 0 Å². The van der Waals surface area contributed by atoms with Gasteiger partial charge in [0.15, 0.2) is 0 Å². The Morgan fingerprint density at radius 1 is 1.02 bits per heavy atom. The summed E-state index contributed by atoms with van der Waals surface area (Å²) in [6, 6.07) is -0.128. The molecule has 0 unspecified atom stereocenters. The first-order valence-corrected chi connectivity index (χ1v) is 17.5. The number of Topliss-reactive ketones (excluding diaryl/α,β-unsaturated/α-hetero) is 2. The van der Waals surface area contributed by atoms with Crippen molar-refractivity contribution in [3.8, 4) is 0 Å². The predicted molar refractivity (Wildman–Crippen MR) is 179 cm³/mol. The predicted octanol–water partition coefficient (Wildman–Crippen LogP) is 5.25. The van der Waals surface area contributed by atoms with Crippen LogP contribution in [0, 0.1) is 5.92 Å². The lowest BCUT2D eigenvalue weighted by Gasteiger charge is -2.39. The number of ether oxygens (including phenoxy) is 4. The van der Waals surface area contributed by atoms with Gasteiger partial charge in [-0.15, -0.1) is 0 Å². The lowest BCUT2D eigenvalue weighted by Crippen LogP contribution is -2.50. The standard InChI is InChI=1S/C37H57NO9/c1-7-29(40)12-10-8-9-11-13-30(41)21-31-22-37(23-44-37)36(43)34(47-31)18-15-24(2)14-17-33-25(3)20-32(27(5)46-33)38-35(42)19-16-26(4)45-28(6)39/h14-16,18-19,25-27,31-34,36,43H,7-13,17,20-23H2,1-6H3,(H,38,42)/b18-15+,19-16-,24-14+/t25-,26-,27+,31+,32+,33-,34+,36+,37+/m0/s1. The van der Waals surface area contributed by atoms with Crippen LogP contribution in [0.3, 0.4) is 0 Å². The molecule has 1 spiro atoms. The minimum atomic E-state index is -0.793. The number of hydrogen-bond donors (Lipinski definition) is 2. The fourth-order valence-corrected chi connectivity index (χ4v) is 6.42. The van der Waals surface area contributed by atoms with Crippen molar-refractivity contribution in [2.24, 2.45) is 5.92 Å². The molecular formula is C37H57NO9. The smallest absolute Gasteiger partial charge is 0.303 e. The highest BCUT2D eigenvalue weighted by molar-refractivity contribution is 5.87. The molecule has 47 heavy (non-hydrogen) atoms. The lowest BCUT2D eigenvalue weighted by atomic mass is 9.86. The number of esters is 1. The maximum atomic E-state index is 12.7. The van der Waals surface area contributed by atoms with Crippen molar-refractivity contribution >= 4 is 23.4 Å². The minimum Gasteiger partial charge on any atom is -0.459 e. The number of hydrogen-bond acceptors (Lipinski definition) is 9. The zero-order chi connectivity index (χ0) is 34.6. The molecule has 3 saturated heterocycles. The summed E-state index contributed by atoms with van der Waals surface area (Å²) in [6.07, 6.45) is 14.2. The summed E-state index contributed by atoms with van der Waals surface area (Å²) in [4.78, 5) is 47.6. The van der Waals surface area contributed by atoms with Crippen LogP contribution >= 0.6 is 0 Å². The average molecular weight is 660 g/mol. The van der Waals surface area contributed by atoms with E-state index in [1.54, 1.807) is 13.0 Å². The maximum Gasteiger partial charge on any atom is 0.303 e. The fraction of sp³-hybridized carbons (Fsp3) is 0.730. The zero-order valence-corrected chi connectivity index (χ0v) is 29.2. The Bertz CT molecular complexity index is 1160. The Labute approximate surface area is 280 Å². The molecule has 0 aliphatic carbocycles. The van der Waals surface area contributed by atoms with Crippen LogP contribution in [0.5, 0.6) is 0 Å². The molecule has 3 fully saturated rings. The number of amides is 1. The quantitative estimate of drug-likeness (QED) is 0.0664. The molecule has 10 heteroatoms. The van der Waals surface area contributed by atoms with Crippen molar-refractivity contribution in [2.45, 2.75) is 160 Å². The van der Waals surface area contributed by atoms with E-state index in [1.807, 2.05) is 32.9 Å². The minimum absolute atomic E-state index is 0.00471. The van der Waals surface area contributed by atoms with Crippen molar-refractivity contribution < 1.29 is 43.2 Å². The SMILES string of the molecule is CCC(=O)CCCCCCC(=O)C[C@@H]1C[C@@]2(CO2)[C@H](O)[C@@H](/C=C/C(C)=C/C[C@@H]2O[C@H](C)[C@H](NC(=O)/C=C\[C@H](C)OC(C)=O)C[C@@H]2C)O1. The second-order valence-corrected chi connectivity index (χ2v) is 13.7. The number of carbonyl (C=O) groups excluding carboxylic acids is 4. The van der Waals surface area contributed by atoms with Crippen LogP contribution in [0.1, 0.15) is 112 Å². The van der Waals surface area contributed by atoms with Crippen LogP contribution in [0.15, 0.2) is 36.0 Å². The first kappa shape index (κ1) is 38.8. The van der Waals surface area contributed by atoms with Crippen molar-refractivity contribution in [3.05, 3.63) is 36.0 Å². The topological polar surface area (TPSA) is 141 Å². The molecule has 2 N–H and O–H groups in total. The molecule has 264 valence electrons. The van der Waals surface area contributed by atoms with Gasteiger partial charge in [0, 0.05) is 45.1 Å². The Hall–Kier alpha value is -2.66. The zero-order valence-electron chi connectivity index (χ0n) is 29.2. The maximum absolute atomic E-state index is 12.7. The molecule has 0 aromatic carbocycles. The number of ketones is 2. The largest absolute Gasteiger partial charge is 0.459 e. The Morgan fingerprint density at radius 2 is 1.70 bits per heavy atom. The van der Waals surface area contributed by atoms with E-state index in [4.69, 9.17) is 18.9 Å². The average Bonchev–Trinajstić information content (AvgIpc) is 3.79. The van der Waals surface area contributed by atoms with Crippen LogP contribution in [0.25, 0.3) is 0 Å². The number of epoxide rings is 1. The number of rotatable bonds is 18. The number of nitrogens with one attached hydrogen (secondary N) is 1. The van der Waals surface area contributed by atoms with Gasteiger partial charge >= 0.3 is 5.97 Å². The van der Waals surface area contributed by atoms with E-state index in [-0.39, 0.29) is 42.0 Å². The first-order chi connectivity index (χ1) is 22.3. The summed E-state index contributed by atoms with van der Waals surface area (Å²) in [5, 5.41) is 14.0. The van der Waals surface area contributed by atoms with Crippen molar-refractivity contribution in [3.63, 3.8) is 0 Å². The summed E-state index contributed by atoms with van der Waals surface area (Å²) in [7, 11) is 0. The summed E-state index contributed by atoms with van der Waals surface area (Å²) >= 11 is 0. The van der Waals surface area contributed by atoms with Gasteiger partial charge < -0.3 is 29.4 Å². The second-order valence-electron chi connectivity index (χ2n) is 13.7. The molecule has 1 amide bonds. The highest BCUT2D eigenvalue weighted by Crippen LogP contribution is 2.43. The van der Waals surface area contributed by atoms with E-state index >= 15 is 0 Å². The molecule has 10 nitrogen and oxygen atoms in total. The normalized spacial score (nSPS) is 31.6. The van der Waals surface area contributed by atoms with E-state index in [9.17, 15) is 24.3 Å². The van der Waals surface area contributed by atoms with E-state index < -0.39 is 29.9 Å². The molecule has 0 radical (unpaired) electrons. The summed E-state index contributed by atoms with van der Waals surface area (Å²) in [6.45, 7) is 11.5. The van der Waals surface area contributed by atoms with Crippen LogP contribution in [0.2, 0.25) is 0 Å². The summed E-state index contributed by atoms with van der Waals surface area (Å²) in [5.74, 6) is 0.0245. The van der Waals surface area contributed by atoms with Gasteiger partial charge in [0.1, 0.15) is 35.5 Å². The summed E-state index contributed by atoms with van der Waals surface area (Å²) in [5.41, 5.74) is 0.377. The van der Waals surface area contributed by atoms with Gasteiger partial charge in [-0.3, -0.25) is 19.2 Å². The number of aliphatic hydroxyl groups excluding tert-OH is 1. The second kappa shape index (κ2) is 18.8. The van der Waals surface area contributed by atoms with Gasteiger partial charge in [0.05, 0.1) is 31.0 Å². The third-order valence-corrected chi connectivity index (χ3v) is 9.43. The molecule has 0 aromatic heterocycles. The number of aliphatic hydroxyl groups is 1. The molecule has 3 aliphatic rings. The van der Waals surface area contributed by atoms with E-state index in [0.717, 1.165) is 37.7 Å². The molecule has 0 bridgehead atoms. The van der Waals surface area contributed by atoms with E-state index in [1.165, 1.54) is 13.0 Å². The molecule has 3 rings (SSSR count). The molecule has 3 aliphatic heterocycles. The van der Waals surface area contributed by atoms with Crippen LogP contribution in [-0.4, -0.2) is 83.4 Å². The molecule has 9 atom stereocenters. The molecule has 3 heterocycles. The first-order valence-electron chi connectivity index (χ1n) is 17.5. The monoisotopic (exact) mass is 659 g/mol. The summed E-state index contributed by atoms with van der Waals surface area (Å²) < 4.78 is 23.2. The van der Waals surface area contributed by atoms with E-state index in [2.05, 4.69) is 18.3 Å². The highest BCUT2D eigenvalue weighted by atomic mass is 16.6. The molecule has 0 saturated carbocycles. The molecular weight excluding hydrogens is 602 g/mol. The van der Waals surface area contributed by atoms with Gasteiger partial charge in [-0.2, -0.15) is 0 Å². The van der Waals surface area contributed by atoms with Crippen molar-refractivity contribution in [1.29, 1.82) is 0 Å². The number of unbranched alkanes of at least 4 members (excludes halogenated alkanes) is 3. The Balaban J connectivity index is 1.44. The van der Waals surface area contributed by atoms with Gasteiger partial charge in [-0.1, -0.05) is 50.5 Å². The van der Waals surface area contributed by atoms with E-state index in [0.29, 0.717) is 50.9 Å². The Kier molecular flexibility index (Phi) is 15.5. The van der Waals surface area contributed by atoms with Crippen molar-refractivity contribution in [2.75, 3.05) is 6.61 Å². The number of carbonyl (C=O) groups is 4. The molecule has 0 aromatic rings. The third kappa shape index (κ3) is 13.0. The third-order valence-electron chi connectivity index (χ3n) is 9.43. The Morgan fingerprint density at radius 3 is 2.34 bits per heavy atom. The van der Waals surface area contributed by atoms with Crippen LogP contribution < -0.4 is 5.32 Å². The highest BCUT2D eigenvalue weighted by Gasteiger charge is 2.58. The lowest BCUT2D eigenvalue weighted by molar-refractivity contribution is -0.144. The fourth-order valence-electron chi connectivity index (χ4n) is 6.42. The van der Waals surface area contributed by atoms with Gasteiger partial charge in [-0.25, -0.2) is 0 Å². The number of allylic oxidation sites excluding steroid dienone is 2.